The molecule has 0 spiro atoms. The van der Waals surface area contributed by atoms with Gasteiger partial charge in [-0.05, 0) is 23.8 Å². The third kappa shape index (κ3) is 2.52. The van der Waals surface area contributed by atoms with E-state index in [1.54, 1.807) is 18.6 Å². The highest BCUT2D eigenvalue weighted by molar-refractivity contribution is 5.85. The van der Waals surface area contributed by atoms with Crippen molar-refractivity contribution in [3.05, 3.63) is 48.4 Å². The van der Waals surface area contributed by atoms with Crippen LogP contribution in [0.2, 0.25) is 0 Å². The molecular formula is C11H12ClN3. The van der Waals surface area contributed by atoms with Gasteiger partial charge in [-0.15, -0.1) is 12.4 Å². The van der Waals surface area contributed by atoms with Gasteiger partial charge in [0.25, 0.3) is 0 Å². The maximum absolute atomic E-state index is 5.63. The fourth-order valence-electron chi connectivity index (χ4n) is 1.37. The van der Waals surface area contributed by atoms with Crippen LogP contribution >= 0.6 is 12.4 Å². The fraction of sp³-hybridized carbons (Fsp3) is 0.0909. The lowest BCUT2D eigenvalue weighted by Crippen LogP contribution is -2.00. The van der Waals surface area contributed by atoms with Gasteiger partial charge in [-0.3, -0.25) is 9.97 Å². The normalized spacial score (nSPS) is 9.40. The van der Waals surface area contributed by atoms with Gasteiger partial charge in [0.1, 0.15) is 0 Å². The van der Waals surface area contributed by atoms with Crippen molar-refractivity contribution in [1.29, 1.82) is 0 Å². The first kappa shape index (κ1) is 11.6. The number of nitrogens with zero attached hydrogens (tertiary/aromatic N) is 2. The lowest BCUT2D eigenvalue weighted by atomic mass is 10.1. The number of hydrogen-bond donors (Lipinski definition) is 1. The molecule has 4 heteroatoms. The van der Waals surface area contributed by atoms with Crippen molar-refractivity contribution in [1.82, 2.24) is 9.97 Å². The zero-order valence-corrected chi connectivity index (χ0v) is 8.95. The van der Waals surface area contributed by atoms with E-state index in [0.29, 0.717) is 6.54 Å². The van der Waals surface area contributed by atoms with E-state index >= 15 is 0 Å². The minimum absolute atomic E-state index is 0. The Balaban J connectivity index is 0.00000112. The van der Waals surface area contributed by atoms with Crippen LogP contribution < -0.4 is 5.73 Å². The highest BCUT2D eigenvalue weighted by Gasteiger charge is 2.03. The smallest absolute Gasteiger partial charge is 0.0762 e. The van der Waals surface area contributed by atoms with Gasteiger partial charge in [0.15, 0.2) is 0 Å². The van der Waals surface area contributed by atoms with Crippen LogP contribution in [0.25, 0.3) is 11.3 Å². The van der Waals surface area contributed by atoms with Crippen LogP contribution in [0, 0.1) is 0 Å². The third-order valence-corrected chi connectivity index (χ3v) is 2.05. The van der Waals surface area contributed by atoms with E-state index in [1.165, 1.54) is 0 Å². The summed E-state index contributed by atoms with van der Waals surface area (Å²) in [6.07, 6.45) is 5.30. The summed E-state index contributed by atoms with van der Waals surface area (Å²) in [5.74, 6) is 0. The lowest BCUT2D eigenvalue weighted by Gasteiger charge is -2.04. The maximum Gasteiger partial charge on any atom is 0.0762 e. The molecule has 0 aliphatic rings. The first-order chi connectivity index (χ1) is 6.92. The number of hydrogen-bond acceptors (Lipinski definition) is 3. The van der Waals surface area contributed by atoms with E-state index < -0.39 is 0 Å². The number of nitrogens with two attached hydrogens (primary N) is 1. The average molecular weight is 222 g/mol. The molecule has 2 rings (SSSR count). The third-order valence-electron chi connectivity index (χ3n) is 2.05. The Morgan fingerprint density at radius 3 is 2.60 bits per heavy atom. The molecule has 0 aliphatic carbocycles. The number of halogens is 1. The topological polar surface area (TPSA) is 51.8 Å². The molecule has 2 aromatic heterocycles. The predicted octanol–water partition coefficient (Wildman–Crippen LogP) is 2.02. The van der Waals surface area contributed by atoms with Gasteiger partial charge >= 0.3 is 0 Å². The summed E-state index contributed by atoms with van der Waals surface area (Å²) in [6.45, 7) is 0.498. The van der Waals surface area contributed by atoms with Crippen molar-refractivity contribution in [2.24, 2.45) is 5.73 Å². The van der Waals surface area contributed by atoms with E-state index in [2.05, 4.69) is 9.97 Å². The van der Waals surface area contributed by atoms with Crippen LogP contribution in [0.15, 0.2) is 42.9 Å². The summed E-state index contributed by atoms with van der Waals surface area (Å²) >= 11 is 0. The summed E-state index contributed by atoms with van der Waals surface area (Å²) < 4.78 is 0. The predicted molar refractivity (Wildman–Crippen MR) is 62.6 cm³/mol. The molecule has 0 unspecified atom stereocenters. The Morgan fingerprint density at radius 1 is 1.13 bits per heavy atom. The summed E-state index contributed by atoms with van der Waals surface area (Å²) in [5.41, 5.74) is 8.60. The van der Waals surface area contributed by atoms with Gasteiger partial charge in [-0.2, -0.15) is 0 Å². The molecule has 2 heterocycles. The number of rotatable bonds is 2. The molecule has 2 N–H and O–H groups in total. The van der Waals surface area contributed by atoms with Gasteiger partial charge < -0.3 is 5.73 Å². The summed E-state index contributed by atoms with van der Waals surface area (Å²) in [7, 11) is 0. The van der Waals surface area contributed by atoms with Crippen LogP contribution in [0.1, 0.15) is 5.56 Å². The molecule has 78 valence electrons. The van der Waals surface area contributed by atoms with Crippen molar-refractivity contribution in [2.75, 3.05) is 0 Å². The quantitative estimate of drug-likeness (QED) is 0.844. The van der Waals surface area contributed by atoms with E-state index in [0.717, 1.165) is 16.8 Å². The minimum atomic E-state index is 0. The van der Waals surface area contributed by atoms with Gasteiger partial charge in [-0.25, -0.2) is 0 Å². The Labute approximate surface area is 94.8 Å². The van der Waals surface area contributed by atoms with Crippen molar-refractivity contribution in [3.8, 4) is 11.3 Å². The second-order valence-corrected chi connectivity index (χ2v) is 2.96. The van der Waals surface area contributed by atoms with Crippen LogP contribution in [0.4, 0.5) is 0 Å². The first-order valence-electron chi connectivity index (χ1n) is 4.46. The van der Waals surface area contributed by atoms with Crippen LogP contribution in [-0.4, -0.2) is 9.97 Å². The van der Waals surface area contributed by atoms with Crippen molar-refractivity contribution < 1.29 is 0 Å². The largest absolute Gasteiger partial charge is 0.326 e. The second kappa shape index (κ2) is 5.44. The summed E-state index contributed by atoms with van der Waals surface area (Å²) in [4.78, 5) is 8.36. The molecule has 0 saturated carbocycles. The fourth-order valence-corrected chi connectivity index (χ4v) is 1.37. The zero-order chi connectivity index (χ0) is 9.80. The molecule has 15 heavy (non-hydrogen) atoms. The monoisotopic (exact) mass is 221 g/mol. The Kier molecular flexibility index (Phi) is 4.21. The Hall–Kier alpha value is -1.45. The Bertz CT molecular complexity index is 417. The van der Waals surface area contributed by atoms with Gasteiger partial charge in [-0.1, -0.05) is 6.07 Å². The first-order valence-corrected chi connectivity index (χ1v) is 4.46. The van der Waals surface area contributed by atoms with E-state index in [1.807, 2.05) is 24.3 Å². The van der Waals surface area contributed by atoms with Crippen molar-refractivity contribution in [3.63, 3.8) is 0 Å². The minimum Gasteiger partial charge on any atom is -0.326 e. The van der Waals surface area contributed by atoms with Gasteiger partial charge in [0.2, 0.25) is 0 Å². The maximum atomic E-state index is 5.63. The number of aromatic nitrogens is 2. The van der Waals surface area contributed by atoms with Crippen LogP contribution in [-0.2, 0) is 6.54 Å². The van der Waals surface area contributed by atoms with E-state index in [9.17, 15) is 0 Å². The molecule has 3 nitrogen and oxygen atoms in total. The standard InChI is InChI=1S/C11H11N3.ClH/c12-7-9-3-2-6-14-11(9)10-4-1-5-13-8-10;/h1-6,8H,7,12H2;1H. The average Bonchev–Trinajstić information content (AvgIpc) is 2.30. The molecule has 0 radical (unpaired) electrons. The molecule has 0 fully saturated rings. The van der Waals surface area contributed by atoms with E-state index in [-0.39, 0.29) is 12.4 Å². The molecule has 2 aromatic rings. The van der Waals surface area contributed by atoms with Gasteiger partial charge in [0, 0.05) is 30.7 Å². The van der Waals surface area contributed by atoms with Crippen LogP contribution in [0.3, 0.4) is 0 Å². The molecule has 0 bridgehead atoms. The highest BCUT2D eigenvalue weighted by Crippen LogP contribution is 2.18. The lowest BCUT2D eigenvalue weighted by molar-refractivity contribution is 1.05. The zero-order valence-electron chi connectivity index (χ0n) is 8.13. The molecule has 0 aromatic carbocycles. The molecule has 0 amide bonds. The van der Waals surface area contributed by atoms with Crippen molar-refractivity contribution >= 4 is 12.4 Å². The molecular weight excluding hydrogens is 210 g/mol. The summed E-state index contributed by atoms with van der Waals surface area (Å²) in [5, 5.41) is 0. The van der Waals surface area contributed by atoms with E-state index in [4.69, 9.17) is 5.73 Å². The highest BCUT2D eigenvalue weighted by atomic mass is 35.5. The van der Waals surface area contributed by atoms with Crippen LogP contribution in [0.5, 0.6) is 0 Å². The Morgan fingerprint density at radius 2 is 1.93 bits per heavy atom. The SMILES string of the molecule is Cl.NCc1cccnc1-c1cccnc1. The molecule has 0 aliphatic heterocycles. The van der Waals surface area contributed by atoms with Crippen molar-refractivity contribution in [2.45, 2.75) is 6.54 Å². The summed E-state index contributed by atoms with van der Waals surface area (Å²) in [6, 6.07) is 7.75. The number of pyridine rings is 2. The second-order valence-electron chi connectivity index (χ2n) is 2.96. The van der Waals surface area contributed by atoms with Gasteiger partial charge in [0.05, 0.1) is 5.69 Å². The molecule has 0 atom stereocenters. The molecule has 0 saturated heterocycles.